The number of guanidine groups is 1. The van der Waals surface area contributed by atoms with E-state index >= 15 is 0 Å². The Kier molecular flexibility index (Phi) is 11.0. The first-order valence-corrected chi connectivity index (χ1v) is 9.38. The largest absolute Gasteiger partial charge is 0.389 e. The molecule has 1 saturated carbocycles. The van der Waals surface area contributed by atoms with E-state index in [0.29, 0.717) is 19.1 Å². The average Bonchev–Trinajstić information content (AvgIpc) is 3.37. The van der Waals surface area contributed by atoms with Gasteiger partial charge >= 0.3 is 0 Å². The van der Waals surface area contributed by atoms with Gasteiger partial charge in [0, 0.05) is 31.2 Å². The van der Waals surface area contributed by atoms with Crippen LogP contribution in [0.25, 0.3) is 0 Å². The van der Waals surface area contributed by atoms with E-state index in [1.165, 1.54) is 18.4 Å². The van der Waals surface area contributed by atoms with Crippen molar-refractivity contribution >= 4 is 45.9 Å². The fraction of sp³-hybridized carbons (Fsp3) is 0.611. The fourth-order valence-electron chi connectivity index (χ4n) is 2.33. The summed E-state index contributed by atoms with van der Waals surface area (Å²) in [6.07, 6.45) is 1.96. The summed E-state index contributed by atoms with van der Waals surface area (Å²) >= 11 is 3.58. The van der Waals surface area contributed by atoms with Gasteiger partial charge in [0.15, 0.2) is 5.96 Å². The van der Waals surface area contributed by atoms with Crippen LogP contribution in [0.15, 0.2) is 33.7 Å². The van der Waals surface area contributed by atoms with E-state index in [2.05, 4.69) is 37.2 Å². The van der Waals surface area contributed by atoms with Gasteiger partial charge in [-0.25, -0.2) is 0 Å². The first-order chi connectivity index (χ1) is 11.6. The molecule has 0 radical (unpaired) electrons. The summed E-state index contributed by atoms with van der Waals surface area (Å²) in [5.41, 5.74) is 1.19. The zero-order chi connectivity index (χ0) is 17.4. The lowest BCUT2D eigenvalue weighted by atomic mass is 10.2. The number of rotatable bonds is 9. The highest BCUT2D eigenvalue weighted by Crippen LogP contribution is 2.28. The van der Waals surface area contributed by atoms with Gasteiger partial charge in [-0.3, -0.25) is 4.99 Å². The molecule has 5 nitrogen and oxygen atoms in total. The Morgan fingerprint density at radius 1 is 1.44 bits per heavy atom. The smallest absolute Gasteiger partial charge is 0.194 e. The highest BCUT2D eigenvalue weighted by atomic mass is 127. The molecular formula is C18H29BrIN3O2. The summed E-state index contributed by atoms with van der Waals surface area (Å²) in [6, 6.07) is 8.16. The van der Waals surface area contributed by atoms with Gasteiger partial charge in [-0.15, -0.1) is 24.0 Å². The predicted molar refractivity (Wildman–Crippen MR) is 117 cm³/mol. The van der Waals surface area contributed by atoms with Crippen molar-refractivity contribution in [3.63, 3.8) is 0 Å². The van der Waals surface area contributed by atoms with E-state index in [1.54, 1.807) is 0 Å². The molecule has 7 heteroatoms. The third-order valence-electron chi connectivity index (χ3n) is 3.87. The summed E-state index contributed by atoms with van der Waals surface area (Å²) in [4.78, 5) is 6.60. The second-order valence-corrected chi connectivity index (χ2v) is 7.13. The van der Waals surface area contributed by atoms with E-state index in [9.17, 15) is 5.11 Å². The van der Waals surface area contributed by atoms with Crippen LogP contribution in [0.3, 0.4) is 0 Å². The molecular weight excluding hydrogens is 497 g/mol. The molecule has 0 heterocycles. The lowest BCUT2D eigenvalue weighted by Gasteiger charge is -2.23. The number of ether oxygens (including phenoxy) is 1. The van der Waals surface area contributed by atoms with E-state index in [-0.39, 0.29) is 24.0 Å². The highest BCUT2D eigenvalue weighted by molar-refractivity contribution is 14.0. The number of benzene rings is 1. The monoisotopic (exact) mass is 525 g/mol. The number of hydrogen-bond acceptors (Lipinski definition) is 3. The molecule has 2 N–H and O–H groups in total. The van der Waals surface area contributed by atoms with Crippen LogP contribution >= 0.6 is 39.9 Å². The van der Waals surface area contributed by atoms with Crippen molar-refractivity contribution in [2.75, 3.05) is 33.4 Å². The molecule has 0 spiro atoms. The number of aliphatic imine (C=N–C) groups is 1. The van der Waals surface area contributed by atoms with Gasteiger partial charge in [0.05, 0.1) is 19.3 Å². The average molecular weight is 526 g/mol. The van der Waals surface area contributed by atoms with Crippen molar-refractivity contribution in [3.05, 3.63) is 34.3 Å². The zero-order valence-corrected chi connectivity index (χ0v) is 18.9. The maximum Gasteiger partial charge on any atom is 0.194 e. The molecule has 1 fully saturated rings. The Morgan fingerprint density at radius 3 is 2.80 bits per heavy atom. The van der Waals surface area contributed by atoms with Gasteiger partial charge in [0.25, 0.3) is 0 Å². The summed E-state index contributed by atoms with van der Waals surface area (Å²) in [5, 5.41) is 13.3. The predicted octanol–water partition coefficient (Wildman–Crippen LogP) is 3.25. The first kappa shape index (κ1) is 22.7. The zero-order valence-electron chi connectivity index (χ0n) is 14.9. The maximum atomic E-state index is 10.0. The van der Waals surface area contributed by atoms with Gasteiger partial charge in [0.2, 0.25) is 0 Å². The molecule has 0 amide bonds. The number of nitrogens with one attached hydrogen (secondary N) is 1. The standard InChI is InChI=1S/C18H28BrN3O2.HI/c1-3-20-18(21-10-16(23)13-24-12-14-8-9-14)22(2)11-15-6-4-5-7-17(15)19;/h4-7,14,16,23H,3,8-13H2,1-2H3,(H,20,21);1H. The van der Waals surface area contributed by atoms with Gasteiger partial charge < -0.3 is 20.1 Å². The van der Waals surface area contributed by atoms with Crippen molar-refractivity contribution in [3.8, 4) is 0 Å². The Bertz CT molecular complexity index is 541. The topological polar surface area (TPSA) is 57.1 Å². The molecule has 1 atom stereocenters. The lowest BCUT2D eigenvalue weighted by Crippen LogP contribution is -2.39. The minimum Gasteiger partial charge on any atom is -0.389 e. The maximum absolute atomic E-state index is 10.0. The van der Waals surface area contributed by atoms with Crippen LogP contribution in [0, 0.1) is 5.92 Å². The van der Waals surface area contributed by atoms with Gasteiger partial charge in [-0.1, -0.05) is 34.1 Å². The van der Waals surface area contributed by atoms with Crippen LogP contribution in [-0.4, -0.2) is 55.4 Å². The van der Waals surface area contributed by atoms with Gasteiger partial charge in [-0.2, -0.15) is 0 Å². The SMILES string of the molecule is CCNC(=NCC(O)COCC1CC1)N(C)Cc1ccccc1Br.I. The third kappa shape index (κ3) is 8.70. The Morgan fingerprint density at radius 2 is 2.16 bits per heavy atom. The van der Waals surface area contributed by atoms with Crippen LogP contribution in [-0.2, 0) is 11.3 Å². The molecule has 0 aliphatic heterocycles. The lowest BCUT2D eigenvalue weighted by molar-refractivity contribution is 0.0367. The van der Waals surface area contributed by atoms with Crippen molar-refractivity contribution in [1.29, 1.82) is 0 Å². The molecule has 1 aromatic carbocycles. The number of aliphatic hydroxyl groups excluding tert-OH is 1. The van der Waals surface area contributed by atoms with E-state index in [1.807, 2.05) is 32.2 Å². The van der Waals surface area contributed by atoms with E-state index in [0.717, 1.165) is 30.1 Å². The molecule has 1 aliphatic rings. The minimum atomic E-state index is -0.561. The number of halogens is 2. The van der Waals surface area contributed by atoms with Gasteiger partial charge in [0.1, 0.15) is 0 Å². The van der Waals surface area contributed by atoms with E-state index < -0.39 is 6.10 Å². The van der Waals surface area contributed by atoms with Crippen molar-refractivity contribution < 1.29 is 9.84 Å². The van der Waals surface area contributed by atoms with Crippen molar-refractivity contribution in [1.82, 2.24) is 10.2 Å². The van der Waals surface area contributed by atoms with Crippen LogP contribution in [0.4, 0.5) is 0 Å². The third-order valence-corrected chi connectivity index (χ3v) is 4.65. The molecule has 2 rings (SSSR count). The Balaban J connectivity index is 0.00000312. The Labute approximate surface area is 176 Å². The van der Waals surface area contributed by atoms with Crippen LogP contribution in [0.2, 0.25) is 0 Å². The summed E-state index contributed by atoms with van der Waals surface area (Å²) in [7, 11) is 2.00. The molecule has 1 aliphatic carbocycles. The molecule has 25 heavy (non-hydrogen) atoms. The van der Waals surface area contributed by atoms with Crippen LogP contribution in [0.1, 0.15) is 25.3 Å². The summed E-state index contributed by atoms with van der Waals surface area (Å²) in [5.74, 6) is 1.50. The normalized spacial score (nSPS) is 15.4. The fourth-order valence-corrected chi connectivity index (χ4v) is 2.74. The second-order valence-electron chi connectivity index (χ2n) is 6.28. The number of nitrogens with zero attached hydrogens (tertiary/aromatic N) is 2. The van der Waals surface area contributed by atoms with Crippen LogP contribution < -0.4 is 5.32 Å². The Hall–Kier alpha value is -0.380. The summed E-state index contributed by atoms with van der Waals surface area (Å²) < 4.78 is 6.61. The van der Waals surface area contributed by atoms with Crippen LogP contribution in [0.5, 0.6) is 0 Å². The van der Waals surface area contributed by atoms with Crippen molar-refractivity contribution in [2.45, 2.75) is 32.4 Å². The molecule has 142 valence electrons. The highest BCUT2D eigenvalue weighted by Gasteiger charge is 2.21. The molecule has 0 aromatic heterocycles. The summed E-state index contributed by atoms with van der Waals surface area (Å²) in [6.45, 7) is 5.02. The van der Waals surface area contributed by atoms with E-state index in [4.69, 9.17) is 4.74 Å². The second kappa shape index (κ2) is 12.1. The van der Waals surface area contributed by atoms with Crippen molar-refractivity contribution in [2.24, 2.45) is 10.9 Å². The molecule has 1 unspecified atom stereocenters. The molecule has 0 saturated heterocycles. The number of hydrogen-bond donors (Lipinski definition) is 2. The molecule has 1 aromatic rings. The first-order valence-electron chi connectivity index (χ1n) is 8.58. The minimum absolute atomic E-state index is 0. The van der Waals surface area contributed by atoms with Gasteiger partial charge in [-0.05, 0) is 37.3 Å². The quantitative estimate of drug-likeness (QED) is 0.295. The molecule has 0 bridgehead atoms. The number of aliphatic hydroxyl groups is 1.